The Hall–Kier alpha value is -2.56. The maximum atomic E-state index is 12.6. The first kappa shape index (κ1) is 16.8. The van der Waals surface area contributed by atoms with Crippen LogP contribution in [0.4, 0.5) is 0 Å². The number of amides is 1. The summed E-state index contributed by atoms with van der Waals surface area (Å²) in [5, 5.41) is 3.04. The van der Waals surface area contributed by atoms with Crippen LogP contribution in [0.15, 0.2) is 42.6 Å². The van der Waals surface area contributed by atoms with Gasteiger partial charge in [0.15, 0.2) is 0 Å². The van der Waals surface area contributed by atoms with Crippen LogP contribution in [0, 0.1) is 5.92 Å². The van der Waals surface area contributed by atoms with Gasteiger partial charge in [-0.25, -0.2) is 0 Å². The van der Waals surface area contributed by atoms with Gasteiger partial charge in [0.05, 0.1) is 26.0 Å². The van der Waals surface area contributed by atoms with Crippen molar-refractivity contribution in [1.82, 2.24) is 10.3 Å². The molecule has 0 spiro atoms. The Morgan fingerprint density at radius 1 is 1.09 bits per heavy atom. The summed E-state index contributed by atoms with van der Waals surface area (Å²) in [6.45, 7) is 4.09. The lowest BCUT2D eigenvalue weighted by atomic mass is 9.99. The van der Waals surface area contributed by atoms with Crippen LogP contribution in [0.2, 0.25) is 0 Å². The molecule has 1 atom stereocenters. The average Bonchev–Trinajstić information content (AvgIpc) is 2.59. The van der Waals surface area contributed by atoms with E-state index in [2.05, 4.69) is 10.3 Å². The molecule has 0 aliphatic rings. The predicted molar refractivity (Wildman–Crippen MR) is 88.8 cm³/mol. The summed E-state index contributed by atoms with van der Waals surface area (Å²) in [4.78, 5) is 17.0. The molecular formula is C18H22N2O3. The minimum atomic E-state index is -0.188. The second-order valence-corrected chi connectivity index (χ2v) is 5.55. The smallest absolute Gasteiger partial charge is 0.252 e. The largest absolute Gasteiger partial charge is 0.497 e. The molecule has 1 aromatic heterocycles. The van der Waals surface area contributed by atoms with Gasteiger partial charge < -0.3 is 14.8 Å². The lowest BCUT2D eigenvalue weighted by Crippen LogP contribution is -2.32. The summed E-state index contributed by atoms with van der Waals surface area (Å²) in [6.07, 6.45) is 1.73. The molecule has 2 aromatic rings. The van der Waals surface area contributed by atoms with Gasteiger partial charge in [-0.05, 0) is 30.2 Å². The molecule has 23 heavy (non-hydrogen) atoms. The van der Waals surface area contributed by atoms with E-state index in [4.69, 9.17) is 9.47 Å². The van der Waals surface area contributed by atoms with E-state index < -0.39 is 0 Å². The summed E-state index contributed by atoms with van der Waals surface area (Å²) in [6, 6.07) is 10.6. The molecule has 1 aromatic carbocycles. The third-order valence-electron chi connectivity index (χ3n) is 3.57. The van der Waals surface area contributed by atoms with E-state index in [0.717, 1.165) is 5.69 Å². The number of hydrogen-bond acceptors (Lipinski definition) is 4. The minimum absolute atomic E-state index is 0.166. The molecule has 1 N–H and O–H groups in total. The fourth-order valence-electron chi connectivity index (χ4n) is 2.31. The molecule has 0 fully saturated rings. The summed E-state index contributed by atoms with van der Waals surface area (Å²) >= 11 is 0. The molecule has 0 aliphatic carbocycles. The Morgan fingerprint density at radius 2 is 1.74 bits per heavy atom. The Morgan fingerprint density at radius 3 is 2.22 bits per heavy atom. The van der Waals surface area contributed by atoms with Gasteiger partial charge in [-0.1, -0.05) is 19.9 Å². The van der Waals surface area contributed by atoms with Crippen molar-refractivity contribution in [2.24, 2.45) is 5.92 Å². The minimum Gasteiger partial charge on any atom is -0.497 e. The maximum absolute atomic E-state index is 12.6. The molecule has 0 aliphatic heterocycles. The van der Waals surface area contributed by atoms with Gasteiger partial charge in [0.2, 0.25) is 0 Å². The number of methoxy groups -OCH3 is 2. The second-order valence-electron chi connectivity index (χ2n) is 5.55. The molecule has 1 heterocycles. The first-order valence-electron chi connectivity index (χ1n) is 7.50. The van der Waals surface area contributed by atoms with E-state index in [1.807, 2.05) is 32.0 Å². The highest BCUT2D eigenvalue weighted by molar-refractivity contribution is 5.95. The zero-order chi connectivity index (χ0) is 16.8. The number of pyridine rings is 1. The molecule has 0 saturated carbocycles. The normalized spacial score (nSPS) is 11.9. The lowest BCUT2D eigenvalue weighted by Gasteiger charge is -2.22. The summed E-state index contributed by atoms with van der Waals surface area (Å²) in [7, 11) is 3.11. The summed E-state index contributed by atoms with van der Waals surface area (Å²) < 4.78 is 10.4. The van der Waals surface area contributed by atoms with E-state index in [1.165, 1.54) is 0 Å². The van der Waals surface area contributed by atoms with Crippen molar-refractivity contribution in [2.75, 3.05) is 14.2 Å². The molecule has 1 amide bonds. The lowest BCUT2D eigenvalue weighted by molar-refractivity contribution is 0.0923. The van der Waals surface area contributed by atoms with Gasteiger partial charge >= 0.3 is 0 Å². The number of rotatable bonds is 6. The van der Waals surface area contributed by atoms with Gasteiger partial charge in [-0.3, -0.25) is 9.78 Å². The number of benzene rings is 1. The molecule has 0 saturated heterocycles. The fourth-order valence-corrected chi connectivity index (χ4v) is 2.31. The van der Waals surface area contributed by atoms with Crippen molar-refractivity contribution < 1.29 is 14.3 Å². The zero-order valence-electron chi connectivity index (χ0n) is 13.9. The van der Waals surface area contributed by atoms with E-state index in [-0.39, 0.29) is 17.9 Å². The highest BCUT2D eigenvalue weighted by Crippen LogP contribution is 2.24. The number of ether oxygens (including phenoxy) is 2. The Bertz CT molecular complexity index is 634. The van der Waals surface area contributed by atoms with E-state index >= 15 is 0 Å². The zero-order valence-corrected chi connectivity index (χ0v) is 13.9. The van der Waals surface area contributed by atoms with Crippen molar-refractivity contribution in [3.8, 4) is 11.5 Å². The van der Waals surface area contributed by atoms with Crippen molar-refractivity contribution in [1.29, 1.82) is 0 Å². The first-order valence-corrected chi connectivity index (χ1v) is 7.50. The van der Waals surface area contributed by atoms with Crippen LogP contribution in [0.25, 0.3) is 0 Å². The average molecular weight is 314 g/mol. The highest BCUT2D eigenvalue weighted by Gasteiger charge is 2.20. The van der Waals surface area contributed by atoms with E-state index in [9.17, 15) is 4.79 Å². The Labute approximate surface area is 136 Å². The van der Waals surface area contributed by atoms with E-state index in [1.54, 1.807) is 38.6 Å². The Balaban J connectivity index is 2.26. The molecule has 5 nitrogen and oxygen atoms in total. The summed E-state index contributed by atoms with van der Waals surface area (Å²) in [5.74, 6) is 1.18. The second kappa shape index (κ2) is 7.63. The van der Waals surface area contributed by atoms with Gasteiger partial charge in [-0.2, -0.15) is 0 Å². The van der Waals surface area contributed by atoms with Crippen LogP contribution < -0.4 is 14.8 Å². The van der Waals surface area contributed by atoms with Crippen LogP contribution >= 0.6 is 0 Å². The first-order chi connectivity index (χ1) is 11.0. The van der Waals surface area contributed by atoms with Gasteiger partial charge in [0, 0.05) is 17.8 Å². The predicted octanol–water partition coefficient (Wildman–Crippen LogP) is 3.23. The standard InChI is InChI=1S/C18H22N2O3/c1-12(2)17(16-7-5-6-8-19-16)20-18(21)13-9-14(22-3)11-15(10-13)23-4/h5-12,17H,1-4H3,(H,20,21). The molecule has 5 heteroatoms. The topological polar surface area (TPSA) is 60.5 Å². The maximum Gasteiger partial charge on any atom is 0.252 e. The van der Waals surface area contributed by atoms with Crippen LogP contribution in [0.1, 0.15) is 35.9 Å². The molecule has 1 unspecified atom stereocenters. The number of hydrogen-bond donors (Lipinski definition) is 1. The van der Waals surface area contributed by atoms with Crippen molar-refractivity contribution in [3.63, 3.8) is 0 Å². The van der Waals surface area contributed by atoms with Gasteiger partial charge in [0.1, 0.15) is 11.5 Å². The molecule has 122 valence electrons. The third kappa shape index (κ3) is 4.22. The quantitative estimate of drug-likeness (QED) is 0.889. The Kier molecular flexibility index (Phi) is 5.57. The van der Waals surface area contributed by atoms with Crippen molar-refractivity contribution >= 4 is 5.91 Å². The van der Waals surface area contributed by atoms with Crippen LogP contribution in [0.5, 0.6) is 11.5 Å². The van der Waals surface area contributed by atoms with Crippen LogP contribution in [0.3, 0.4) is 0 Å². The number of carbonyl (C=O) groups excluding carboxylic acids is 1. The van der Waals surface area contributed by atoms with Gasteiger partial charge in [0.25, 0.3) is 5.91 Å². The third-order valence-corrected chi connectivity index (χ3v) is 3.57. The molecular weight excluding hydrogens is 292 g/mol. The number of nitrogens with one attached hydrogen (secondary N) is 1. The van der Waals surface area contributed by atoms with Crippen LogP contribution in [-0.4, -0.2) is 25.1 Å². The van der Waals surface area contributed by atoms with Gasteiger partial charge in [-0.15, -0.1) is 0 Å². The van der Waals surface area contributed by atoms with Crippen LogP contribution in [-0.2, 0) is 0 Å². The number of carbonyl (C=O) groups is 1. The molecule has 2 rings (SSSR count). The fraction of sp³-hybridized carbons (Fsp3) is 0.333. The highest BCUT2D eigenvalue weighted by atomic mass is 16.5. The molecule has 0 bridgehead atoms. The van der Waals surface area contributed by atoms with Crippen molar-refractivity contribution in [2.45, 2.75) is 19.9 Å². The SMILES string of the molecule is COc1cc(OC)cc(C(=O)NC(c2ccccn2)C(C)C)c1. The summed E-state index contributed by atoms with van der Waals surface area (Å²) in [5.41, 5.74) is 1.33. The van der Waals surface area contributed by atoms with Crippen molar-refractivity contribution in [3.05, 3.63) is 53.9 Å². The van der Waals surface area contributed by atoms with E-state index in [0.29, 0.717) is 17.1 Å². The monoisotopic (exact) mass is 314 g/mol. The number of aromatic nitrogens is 1. The molecule has 0 radical (unpaired) electrons. The number of nitrogens with zero attached hydrogens (tertiary/aromatic N) is 1.